The summed E-state index contributed by atoms with van der Waals surface area (Å²) in [7, 11) is 0. The van der Waals surface area contributed by atoms with Crippen LogP contribution in [0.5, 0.6) is 0 Å². The fourth-order valence-electron chi connectivity index (χ4n) is 2.95. The molecule has 0 spiro atoms. The number of thiazole rings is 1. The second kappa shape index (κ2) is 5.70. The van der Waals surface area contributed by atoms with Crippen molar-refractivity contribution in [1.29, 1.82) is 0 Å². The van der Waals surface area contributed by atoms with E-state index in [1.54, 1.807) is 23.7 Å². The monoisotopic (exact) mass is 324 g/mol. The molecule has 5 nitrogen and oxygen atoms in total. The summed E-state index contributed by atoms with van der Waals surface area (Å²) in [5, 5.41) is 1.01. The molecule has 1 aliphatic heterocycles. The molecule has 0 aliphatic carbocycles. The zero-order chi connectivity index (χ0) is 15.8. The van der Waals surface area contributed by atoms with Crippen molar-refractivity contribution in [2.75, 3.05) is 6.54 Å². The van der Waals surface area contributed by atoms with Gasteiger partial charge in [0.05, 0.1) is 28.1 Å². The van der Waals surface area contributed by atoms with E-state index in [2.05, 4.69) is 16.0 Å². The minimum Gasteiger partial charge on any atom is -0.328 e. The molecule has 0 radical (unpaired) electrons. The predicted molar refractivity (Wildman–Crippen MR) is 89.4 cm³/mol. The molecule has 116 valence electrons. The predicted octanol–water partition coefficient (Wildman–Crippen LogP) is 3.37. The Labute approximate surface area is 138 Å². The second-order valence-corrected chi connectivity index (χ2v) is 6.78. The van der Waals surface area contributed by atoms with Crippen molar-refractivity contribution < 1.29 is 4.79 Å². The van der Waals surface area contributed by atoms with Crippen LogP contribution >= 0.6 is 11.3 Å². The maximum absolute atomic E-state index is 12.8. The van der Waals surface area contributed by atoms with Gasteiger partial charge in [-0.2, -0.15) is 0 Å². The van der Waals surface area contributed by atoms with Crippen LogP contribution in [0, 0.1) is 6.92 Å². The maximum atomic E-state index is 12.8. The lowest BCUT2D eigenvalue weighted by Gasteiger charge is -2.22. The van der Waals surface area contributed by atoms with E-state index in [4.69, 9.17) is 4.98 Å². The van der Waals surface area contributed by atoms with Crippen molar-refractivity contribution in [2.45, 2.75) is 25.8 Å². The topological polar surface area (TPSA) is 59.0 Å². The number of benzene rings is 1. The van der Waals surface area contributed by atoms with Gasteiger partial charge in [0.2, 0.25) is 0 Å². The van der Waals surface area contributed by atoms with Crippen LogP contribution in [-0.4, -0.2) is 32.3 Å². The summed E-state index contributed by atoms with van der Waals surface area (Å²) in [6, 6.07) is 8.14. The van der Waals surface area contributed by atoms with Crippen molar-refractivity contribution >= 4 is 27.5 Å². The highest BCUT2D eigenvalue weighted by Gasteiger charge is 2.33. The van der Waals surface area contributed by atoms with Gasteiger partial charge in [0.25, 0.3) is 5.91 Å². The normalized spacial score (nSPS) is 17.8. The number of carbonyl (C=O) groups is 1. The van der Waals surface area contributed by atoms with Gasteiger partial charge in [-0.1, -0.05) is 12.1 Å². The van der Waals surface area contributed by atoms with Gasteiger partial charge in [0.1, 0.15) is 10.7 Å². The Morgan fingerprint density at radius 1 is 1.26 bits per heavy atom. The van der Waals surface area contributed by atoms with E-state index >= 15 is 0 Å². The quantitative estimate of drug-likeness (QED) is 0.725. The van der Waals surface area contributed by atoms with Gasteiger partial charge in [0, 0.05) is 12.7 Å². The molecule has 1 saturated heterocycles. The molecule has 3 aromatic rings. The highest BCUT2D eigenvalue weighted by atomic mass is 32.1. The van der Waals surface area contributed by atoms with Gasteiger partial charge in [-0.25, -0.2) is 9.97 Å². The summed E-state index contributed by atoms with van der Waals surface area (Å²) in [5.74, 6) is -0.0562. The van der Waals surface area contributed by atoms with Crippen molar-refractivity contribution in [2.24, 2.45) is 0 Å². The Balaban J connectivity index is 1.65. The molecule has 1 amide bonds. The Bertz CT molecular complexity index is 825. The highest BCUT2D eigenvalue weighted by Crippen LogP contribution is 2.36. The number of nitrogens with zero attached hydrogens (tertiary/aromatic N) is 4. The fourth-order valence-corrected chi connectivity index (χ4v) is 4.06. The molecule has 6 heteroatoms. The summed E-state index contributed by atoms with van der Waals surface area (Å²) < 4.78 is 1.16. The molecule has 2 aromatic heterocycles. The average Bonchev–Trinajstić information content (AvgIpc) is 3.21. The van der Waals surface area contributed by atoms with Crippen LogP contribution in [-0.2, 0) is 0 Å². The van der Waals surface area contributed by atoms with Crippen LogP contribution < -0.4 is 0 Å². The third kappa shape index (κ3) is 2.59. The molecule has 0 saturated carbocycles. The molecular weight excluding hydrogens is 308 g/mol. The molecule has 1 aliphatic rings. The third-order valence-electron chi connectivity index (χ3n) is 4.11. The summed E-state index contributed by atoms with van der Waals surface area (Å²) >= 11 is 1.67. The summed E-state index contributed by atoms with van der Waals surface area (Å²) in [4.78, 5) is 27.8. The molecule has 23 heavy (non-hydrogen) atoms. The van der Waals surface area contributed by atoms with Crippen LogP contribution in [0.4, 0.5) is 0 Å². The highest BCUT2D eigenvalue weighted by molar-refractivity contribution is 7.18. The first-order valence-electron chi connectivity index (χ1n) is 7.67. The molecule has 0 N–H and O–H groups in total. The molecule has 1 fully saturated rings. The van der Waals surface area contributed by atoms with E-state index in [0.29, 0.717) is 5.69 Å². The van der Waals surface area contributed by atoms with Gasteiger partial charge < -0.3 is 4.90 Å². The first kappa shape index (κ1) is 14.3. The Kier molecular flexibility index (Phi) is 3.53. The minimum atomic E-state index is -0.0562. The lowest BCUT2D eigenvalue weighted by Crippen LogP contribution is -2.31. The molecule has 4 rings (SSSR count). The van der Waals surface area contributed by atoms with E-state index in [1.807, 2.05) is 30.0 Å². The summed E-state index contributed by atoms with van der Waals surface area (Å²) in [6.07, 6.45) is 5.14. The first-order chi connectivity index (χ1) is 11.2. The molecule has 0 unspecified atom stereocenters. The zero-order valence-electron chi connectivity index (χ0n) is 12.8. The minimum absolute atomic E-state index is 0.0444. The van der Waals surface area contributed by atoms with Crippen LogP contribution in [0.2, 0.25) is 0 Å². The second-order valence-electron chi connectivity index (χ2n) is 5.72. The van der Waals surface area contributed by atoms with Gasteiger partial charge in [-0.15, -0.1) is 11.3 Å². The van der Waals surface area contributed by atoms with Crippen molar-refractivity contribution in [3.8, 4) is 0 Å². The third-order valence-corrected chi connectivity index (χ3v) is 5.25. The van der Waals surface area contributed by atoms with E-state index in [1.165, 1.54) is 0 Å². The lowest BCUT2D eigenvalue weighted by molar-refractivity contribution is 0.0729. The number of amides is 1. The average molecular weight is 324 g/mol. The number of likely N-dealkylation sites (tertiary alicyclic amines) is 1. The van der Waals surface area contributed by atoms with Crippen LogP contribution in [0.3, 0.4) is 0 Å². The van der Waals surface area contributed by atoms with Gasteiger partial charge in [-0.05, 0) is 31.9 Å². The molecule has 1 atom stereocenters. The standard InChI is InChI=1S/C17H16N4OS/c1-11-9-19-13(10-18-11)17(22)21-8-4-6-14(21)16-20-12-5-2-3-7-15(12)23-16/h2-3,5,7,9-10,14H,4,6,8H2,1H3/t14-/m1/s1. The number of para-hydroxylation sites is 1. The summed E-state index contributed by atoms with van der Waals surface area (Å²) in [5.41, 5.74) is 2.22. The van der Waals surface area contributed by atoms with Crippen molar-refractivity contribution in [3.63, 3.8) is 0 Å². The van der Waals surface area contributed by atoms with E-state index in [9.17, 15) is 4.79 Å². The Hall–Kier alpha value is -2.34. The Morgan fingerprint density at radius 3 is 2.91 bits per heavy atom. The van der Waals surface area contributed by atoms with Gasteiger partial charge in [-0.3, -0.25) is 9.78 Å². The van der Waals surface area contributed by atoms with Gasteiger partial charge in [0.15, 0.2) is 0 Å². The SMILES string of the molecule is Cc1cnc(C(=O)N2CCC[C@@H]2c2nc3ccccc3s2)cn1. The van der Waals surface area contributed by atoms with E-state index in [0.717, 1.165) is 40.3 Å². The molecule has 3 heterocycles. The number of hydrogen-bond donors (Lipinski definition) is 0. The lowest BCUT2D eigenvalue weighted by atomic mass is 10.2. The van der Waals surface area contributed by atoms with Crippen LogP contribution in [0.15, 0.2) is 36.7 Å². The first-order valence-corrected chi connectivity index (χ1v) is 8.49. The number of hydrogen-bond acceptors (Lipinski definition) is 5. The molecule has 0 bridgehead atoms. The van der Waals surface area contributed by atoms with Crippen molar-refractivity contribution in [1.82, 2.24) is 19.9 Å². The maximum Gasteiger partial charge on any atom is 0.274 e. The number of carbonyl (C=O) groups excluding carboxylic acids is 1. The number of fused-ring (bicyclic) bond motifs is 1. The number of rotatable bonds is 2. The number of aryl methyl sites for hydroxylation is 1. The van der Waals surface area contributed by atoms with E-state index < -0.39 is 0 Å². The molecular formula is C17H16N4OS. The van der Waals surface area contributed by atoms with Crippen LogP contribution in [0.25, 0.3) is 10.2 Å². The van der Waals surface area contributed by atoms with E-state index in [-0.39, 0.29) is 11.9 Å². The van der Waals surface area contributed by atoms with Crippen LogP contribution in [0.1, 0.15) is 40.1 Å². The molecule has 1 aromatic carbocycles. The number of aromatic nitrogens is 3. The fraction of sp³-hybridized carbons (Fsp3) is 0.294. The Morgan fingerprint density at radius 2 is 2.13 bits per heavy atom. The van der Waals surface area contributed by atoms with Gasteiger partial charge >= 0.3 is 0 Å². The summed E-state index contributed by atoms with van der Waals surface area (Å²) in [6.45, 7) is 2.61. The largest absolute Gasteiger partial charge is 0.328 e. The smallest absolute Gasteiger partial charge is 0.274 e. The zero-order valence-corrected chi connectivity index (χ0v) is 13.6. The van der Waals surface area contributed by atoms with Crippen molar-refractivity contribution in [3.05, 3.63) is 53.1 Å².